The van der Waals surface area contributed by atoms with Gasteiger partial charge < -0.3 is 4.90 Å². The second-order valence-electron chi connectivity index (χ2n) is 6.95. The highest BCUT2D eigenvalue weighted by Crippen LogP contribution is 2.36. The topological polar surface area (TPSA) is 87.7 Å². The number of carbonyl (C=O) groups is 1. The summed E-state index contributed by atoms with van der Waals surface area (Å²) in [5, 5.41) is 13.0. The van der Waals surface area contributed by atoms with Gasteiger partial charge in [0.2, 0.25) is 0 Å². The van der Waals surface area contributed by atoms with Gasteiger partial charge in [-0.1, -0.05) is 0 Å². The van der Waals surface area contributed by atoms with Gasteiger partial charge >= 0.3 is 12.4 Å². The normalized spacial score (nSPS) is 12.8. The highest BCUT2D eigenvalue weighted by atomic mass is 19.4. The molecule has 0 aliphatic rings. The van der Waals surface area contributed by atoms with Gasteiger partial charge in [-0.3, -0.25) is 4.79 Å². The summed E-state index contributed by atoms with van der Waals surface area (Å²) < 4.78 is 79.8. The SMILES string of the molecule is CC(c1ncn(-c2ccc(C#N)cn2)n1)N(C)C(=O)c1cc(C(F)(F)F)cc(C(F)(F)F)c1. The molecule has 0 aliphatic carbocycles. The molecular weight excluding hydrogens is 454 g/mol. The van der Waals surface area contributed by atoms with Crippen LogP contribution in [0.5, 0.6) is 0 Å². The van der Waals surface area contributed by atoms with Crippen molar-refractivity contribution in [3.63, 3.8) is 0 Å². The Morgan fingerprint density at radius 2 is 1.67 bits per heavy atom. The molecule has 1 atom stereocenters. The highest BCUT2D eigenvalue weighted by Gasteiger charge is 2.38. The Morgan fingerprint density at radius 3 is 2.15 bits per heavy atom. The number of nitrogens with zero attached hydrogens (tertiary/aromatic N) is 6. The van der Waals surface area contributed by atoms with Gasteiger partial charge in [0.25, 0.3) is 5.91 Å². The maximum Gasteiger partial charge on any atom is 0.416 e. The molecule has 1 aromatic carbocycles. The van der Waals surface area contributed by atoms with Gasteiger partial charge in [-0.2, -0.15) is 31.6 Å². The summed E-state index contributed by atoms with van der Waals surface area (Å²) in [6, 6.07) is 4.69. The van der Waals surface area contributed by atoms with E-state index in [-0.39, 0.29) is 11.9 Å². The number of amides is 1. The smallest absolute Gasteiger partial charge is 0.332 e. The summed E-state index contributed by atoms with van der Waals surface area (Å²) in [7, 11) is 1.21. The Labute approximate surface area is 182 Å². The molecule has 2 heterocycles. The Balaban J connectivity index is 1.89. The van der Waals surface area contributed by atoms with Crippen LogP contribution in [0, 0.1) is 11.3 Å². The molecule has 0 aliphatic heterocycles. The van der Waals surface area contributed by atoms with Crippen LogP contribution in [-0.4, -0.2) is 37.6 Å². The first-order valence-corrected chi connectivity index (χ1v) is 9.16. The van der Waals surface area contributed by atoms with E-state index in [1.54, 1.807) is 0 Å². The average molecular weight is 468 g/mol. The van der Waals surface area contributed by atoms with Crippen LogP contribution in [0.4, 0.5) is 26.3 Å². The van der Waals surface area contributed by atoms with Crippen molar-refractivity contribution in [3.05, 3.63) is 70.9 Å². The van der Waals surface area contributed by atoms with E-state index in [1.165, 1.54) is 43.3 Å². The number of rotatable bonds is 4. The summed E-state index contributed by atoms with van der Waals surface area (Å²) in [5.74, 6) is -0.700. The Morgan fingerprint density at radius 1 is 1.06 bits per heavy atom. The zero-order valence-corrected chi connectivity index (χ0v) is 17.0. The highest BCUT2D eigenvalue weighted by molar-refractivity contribution is 5.94. The van der Waals surface area contributed by atoms with Gasteiger partial charge in [0.1, 0.15) is 12.4 Å². The third kappa shape index (κ3) is 5.11. The van der Waals surface area contributed by atoms with Crippen molar-refractivity contribution >= 4 is 5.91 Å². The number of carbonyl (C=O) groups excluding carboxylic acids is 1. The summed E-state index contributed by atoms with van der Waals surface area (Å²) in [6.45, 7) is 1.46. The molecule has 13 heteroatoms. The lowest BCUT2D eigenvalue weighted by Gasteiger charge is -2.23. The number of nitriles is 1. The van der Waals surface area contributed by atoms with E-state index in [9.17, 15) is 31.1 Å². The van der Waals surface area contributed by atoms with Crippen molar-refractivity contribution in [2.45, 2.75) is 25.3 Å². The molecule has 2 aromatic heterocycles. The molecule has 0 spiro atoms. The van der Waals surface area contributed by atoms with Gasteiger partial charge in [-0.25, -0.2) is 14.6 Å². The summed E-state index contributed by atoms with van der Waals surface area (Å²) in [6.07, 6.45) is -7.57. The lowest BCUT2D eigenvalue weighted by Crippen LogP contribution is -2.31. The molecule has 33 heavy (non-hydrogen) atoms. The molecule has 1 amide bonds. The first-order valence-electron chi connectivity index (χ1n) is 9.16. The van der Waals surface area contributed by atoms with Crippen molar-refractivity contribution in [1.82, 2.24) is 24.6 Å². The monoisotopic (exact) mass is 468 g/mol. The first-order chi connectivity index (χ1) is 15.3. The van der Waals surface area contributed by atoms with E-state index in [0.29, 0.717) is 23.5 Å². The van der Waals surface area contributed by atoms with Gasteiger partial charge in [0.05, 0.1) is 22.7 Å². The van der Waals surface area contributed by atoms with Crippen LogP contribution in [0.1, 0.15) is 45.8 Å². The van der Waals surface area contributed by atoms with Crippen molar-refractivity contribution < 1.29 is 31.1 Å². The third-order valence-electron chi connectivity index (χ3n) is 4.73. The van der Waals surface area contributed by atoms with Crippen molar-refractivity contribution in [2.24, 2.45) is 0 Å². The zero-order chi connectivity index (χ0) is 24.6. The van der Waals surface area contributed by atoms with Crippen LogP contribution in [0.25, 0.3) is 5.82 Å². The van der Waals surface area contributed by atoms with Crippen molar-refractivity contribution in [1.29, 1.82) is 5.26 Å². The predicted octanol–water partition coefficient (Wildman–Crippen LogP) is 4.40. The Bertz CT molecular complexity index is 1180. The second-order valence-corrected chi connectivity index (χ2v) is 6.95. The van der Waals surface area contributed by atoms with E-state index in [4.69, 9.17) is 5.26 Å². The van der Waals surface area contributed by atoms with Crippen LogP contribution in [0.15, 0.2) is 42.9 Å². The average Bonchev–Trinajstić information content (AvgIpc) is 3.26. The van der Waals surface area contributed by atoms with Crippen LogP contribution < -0.4 is 0 Å². The minimum Gasteiger partial charge on any atom is -0.332 e. The molecule has 0 radical (unpaired) electrons. The summed E-state index contributed by atoms with van der Waals surface area (Å²) >= 11 is 0. The van der Waals surface area contributed by atoms with E-state index >= 15 is 0 Å². The molecule has 0 fully saturated rings. The van der Waals surface area contributed by atoms with Gasteiger partial charge in [-0.15, -0.1) is 5.10 Å². The van der Waals surface area contributed by atoms with Crippen LogP contribution in [0.3, 0.4) is 0 Å². The van der Waals surface area contributed by atoms with Gasteiger partial charge in [-0.05, 0) is 37.3 Å². The molecular formula is C20H14F6N6O. The van der Waals surface area contributed by atoms with Crippen LogP contribution in [-0.2, 0) is 12.4 Å². The number of hydrogen-bond donors (Lipinski definition) is 0. The van der Waals surface area contributed by atoms with E-state index in [1.807, 2.05) is 6.07 Å². The fraction of sp³-hybridized carbons (Fsp3) is 0.250. The number of benzene rings is 1. The zero-order valence-electron chi connectivity index (χ0n) is 17.0. The Kier molecular flexibility index (Phi) is 6.13. The molecule has 172 valence electrons. The Hall–Kier alpha value is -3.95. The lowest BCUT2D eigenvalue weighted by molar-refractivity contribution is -0.143. The number of halogens is 6. The molecule has 3 rings (SSSR count). The third-order valence-corrected chi connectivity index (χ3v) is 4.73. The van der Waals surface area contributed by atoms with E-state index in [0.717, 1.165) is 4.90 Å². The fourth-order valence-corrected chi connectivity index (χ4v) is 2.80. The van der Waals surface area contributed by atoms with E-state index < -0.39 is 41.0 Å². The number of pyridine rings is 1. The molecule has 0 saturated carbocycles. The maximum atomic E-state index is 13.1. The lowest BCUT2D eigenvalue weighted by atomic mass is 10.0. The largest absolute Gasteiger partial charge is 0.416 e. The molecule has 3 aromatic rings. The number of aromatic nitrogens is 4. The fourth-order valence-electron chi connectivity index (χ4n) is 2.80. The van der Waals surface area contributed by atoms with Gasteiger partial charge in [0, 0.05) is 18.8 Å². The molecule has 0 saturated heterocycles. The number of alkyl halides is 6. The first kappa shape index (κ1) is 23.7. The van der Waals surface area contributed by atoms with Crippen LogP contribution in [0.2, 0.25) is 0 Å². The van der Waals surface area contributed by atoms with Crippen molar-refractivity contribution in [3.8, 4) is 11.9 Å². The number of hydrogen-bond acceptors (Lipinski definition) is 5. The van der Waals surface area contributed by atoms with E-state index in [2.05, 4.69) is 15.1 Å². The molecule has 0 bridgehead atoms. The maximum absolute atomic E-state index is 13.1. The molecule has 1 unspecified atom stereocenters. The quantitative estimate of drug-likeness (QED) is 0.530. The second kappa shape index (κ2) is 8.53. The predicted molar refractivity (Wildman–Crippen MR) is 101 cm³/mol. The minimum absolute atomic E-state index is 0.0476. The standard InChI is InChI=1S/C20H14F6N6O/c1-11(17-29-10-32(30-17)16-4-3-12(8-27)9-28-16)31(2)18(33)13-5-14(19(21,22)23)7-15(6-13)20(24,25)26/h3-7,9-11H,1-2H3. The molecule has 0 N–H and O–H groups in total. The minimum atomic E-state index is -5.07. The summed E-state index contributed by atoms with van der Waals surface area (Å²) in [4.78, 5) is 21.8. The molecule has 7 nitrogen and oxygen atoms in total. The van der Waals surface area contributed by atoms with Gasteiger partial charge in [0.15, 0.2) is 11.6 Å². The van der Waals surface area contributed by atoms with Crippen LogP contribution >= 0.6 is 0 Å². The van der Waals surface area contributed by atoms with Crippen molar-refractivity contribution in [2.75, 3.05) is 7.05 Å². The summed E-state index contributed by atoms with van der Waals surface area (Å²) in [5.41, 5.74) is -3.64.